The van der Waals surface area contributed by atoms with Gasteiger partial charge < -0.3 is 0 Å². The monoisotopic (exact) mass is 867 g/mol. The standard InChI is InChI=1S/C60H87F3/c1-6-11-15-18-21-24-27-31-36-52-53(37-32-28-25-22-19-16-12-7-2)56(44-43-50-41-39-49(40-42-50)35-30-14-9-4)60(63)55(38-33-29-26-23-20-17-13-8-3)54(52)45-46-57-58(61)47-51(34-10-5)48-59(57)62/h39-42,47-48H,6-38H2,1-5H3/i41D,42D. The summed E-state index contributed by atoms with van der Waals surface area (Å²) in [5, 5.41) is 0. The molecule has 3 aromatic rings. The van der Waals surface area contributed by atoms with Crippen molar-refractivity contribution in [1.82, 2.24) is 0 Å². The molecule has 348 valence electrons. The van der Waals surface area contributed by atoms with Gasteiger partial charge in [-0.05, 0) is 104 Å². The molecule has 0 saturated heterocycles. The minimum atomic E-state index is -0.675. The van der Waals surface area contributed by atoms with Crippen molar-refractivity contribution in [3.63, 3.8) is 0 Å². The molecule has 0 nitrogen and oxygen atoms in total. The Bertz CT molecular complexity index is 1890. The van der Waals surface area contributed by atoms with E-state index in [1.807, 2.05) is 19.1 Å². The Labute approximate surface area is 388 Å². The van der Waals surface area contributed by atoms with Crippen LogP contribution in [0.1, 0.15) is 267 Å². The molecule has 0 heterocycles. The van der Waals surface area contributed by atoms with Gasteiger partial charge in [0.05, 0.1) is 13.9 Å². The summed E-state index contributed by atoms with van der Waals surface area (Å²) in [6.07, 6.45) is 34.4. The van der Waals surface area contributed by atoms with Crippen LogP contribution in [0.4, 0.5) is 13.2 Å². The van der Waals surface area contributed by atoms with E-state index in [4.69, 9.17) is 2.74 Å². The summed E-state index contributed by atoms with van der Waals surface area (Å²) >= 11 is 0. The molecular formula is C60H87F3. The number of unbranched alkanes of at least 4 members (excludes halogenated alkanes) is 23. The van der Waals surface area contributed by atoms with Gasteiger partial charge in [0.1, 0.15) is 17.5 Å². The minimum absolute atomic E-state index is 0.205. The SMILES string of the molecule is [2H]c1cc(CCCCC)cc([2H])c1C#Cc1c(F)c(CCCCCCCCCC)c(C#Cc2c(F)cc(CCC)cc2F)c(CCCCCCCCCC)c1CCCCCCCCCC. The number of aryl methyl sites for hydroxylation is 2. The molecule has 0 bridgehead atoms. The molecule has 0 aliphatic carbocycles. The van der Waals surface area contributed by atoms with E-state index in [9.17, 15) is 0 Å². The van der Waals surface area contributed by atoms with Gasteiger partial charge in [0, 0.05) is 16.7 Å². The average molecular weight is 867 g/mol. The van der Waals surface area contributed by atoms with Crippen LogP contribution in [-0.4, -0.2) is 0 Å². The highest BCUT2D eigenvalue weighted by atomic mass is 19.1. The van der Waals surface area contributed by atoms with Crippen molar-refractivity contribution in [1.29, 1.82) is 0 Å². The first-order valence-corrected chi connectivity index (χ1v) is 26.2. The predicted octanol–water partition coefficient (Wildman–Crippen LogP) is 18.6. The lowest BCUT2D eigenvalue weighted by Crippen LogP contribution is -2.11. The molecule has 3 heteroatoms. The van der Waals surface area contributed by atoms with Crippen LogP contribution in [0.2, 0.25) is 0 Å². The number of hydrogen-bond donors (Lipinski definition) is 0. The van der Waals surface area contributed by atoms with E-state index < -0.39 is 17.5 Å². The number of rotatable bonds is 33. The van der Waals surface area contributed by atoms with Crippen LogP contribution in [0.5, 0.6) is 0 Å². The Morgan fingerprint density at radius 2 is 0.730 bits per heavy atom. The van der Waals surface area contributed by atoms with Gasteiger partial charge in [-0.2, -0.15) is 0 Å². The van der Waals surface area contributed by atoms with Gasteiger partial charge in [-0.25, -0.2) is 13.2 Å². The summed E-state index contributed by atoms with van der Waals surface area (Å²) in [6, 6.07) is 6.84. The molecule has 0 amide bonds. The fourth-order valence-electron chi connectivity index (χ4n) is 8.89. The van der Waals surface area contributed by atoms with Gasteiger partial charge >= 0.3 is 0 Å². The highest BCUT2D eigenvalue weighted by molar-refractivity contribution is 5.61. The van der Waals surface area contributed by atoms with E-state index in [0.29, 0.717) is 53.5 Å². The van der Waals surface area contributed by atoms with Crippen molar-refractivity contribution in [3.8, 4) is 23.7 Å². The van der Waals surface area contributed by atoms with Crippen molar-refractivity contribution in [2.24, 2.45) is 0 Å². The van der Waals surface area contributed by atoms with Gasteiger partial charge in [0.25, 0.3) is 0 Å². The maximum absolute atomic E-state index is 17.8. The fraction of sp³-hybridized carbons (Fsp3) is 0.633. The molecule has 0 N–H and O–H groups in total. The van der Waals surface area contributed by atoms with Gasteiger partial charge in [-0.1, -0.05) is 225 Å². The van der Waals surface area contributed by atoms with Gasteiger partial charge in [0.2, 0.25) is 0 Å². The first-order valence-electron chi connectivity index (χ1n) is 27.2. The summed E-state index contributed by atoms with van der Waals surface area (Å²) < 4.78 is 66.9. The molecule has 0 saturated carbocycles. The van der Waals surface area contributed by atoms with Crippen LogP contribution < -0.4 is 0 Å². The van der Waals surface area contributed by atoms with Gasteiger partial charge in [-0.3, -0.25) is 0 Å². The molecule has 0 fully saturated rings. The zero-order valence-electron chi connectivity index (χ0n) is 42.8. The highest BCUT2D eigenvalue weighted by Crippen LogP contribution is 2.32. The van der Waals surface area contributed by atoms with Crippen LogP contribution in [0, 0.1) is 41.1 Å². The summed E-state index contributed by atoms with van der Waals surface area (Å²) in [4.78, 5) is 0. The molecule has 0 radical (unpaired) electrons. The molecule has 0 aliphatic rings. The van der Waals surface area contributed by atoms with E-state index in [0.717, 1.165) is 113 Å². The number of halogens is 3. The number of hydrogen-bond acceptors (Lipinski definition) is 0. The quantitative estimate of drug-likeness (QED) is 0.0423. The first kappa shape index (κ1) is 50.6. The van der Waals surface area contributed by atoms with Crippen LogP contribution in [0.25, 0.3) is 0 Å². The second-order valence-corrected chi connectivity index (χ2v) is 18.3. The lowest BCUT2D eigenvalue weighted by atomic mass is 9.84. The van der Waals surface area contributed by atoms with Crippen molar-refractivity contribution in [2.75, 3.05) is 0 Å². The Balaban J connectivity index is 2.25. The average Bonchev–Trinajstić information content (AvgIpc) is 3.28. The third kappa shape index (κ3) is 21.0. The minimum Gasteiger partial charge on any atom is -0.206 e. The Morgan fingerprint density at radius 3 is 1.19 bits per heavy atom. The molecule has 0 atom stereocenters. The smallest absolute Gasteiger partial charge is 0.143 e. The molecule has 3 rings (SSSR count). The van der Waals surface area contributed by atoms with Gasteiger partial charge in [-0.15, -0.1) is 0 Å². The summed E-state index contributed by atoms with van der Waals surface area (Å²) in [5.41, 5.74) is 4.89. The molecule has 0 spiro atoms. The third-order valence-corrected chi connectivity index (χ3v) is 12.7. The van der Waals surface area contributed by atoms with E-state index in [1.54, 1.807) is 0 Å². The van der Waals surface area contributed by atoms with Crippen LogP contribution >= 0.6 is 0 Å². The predicted molar refractivity (Wildman–Crippen MR) is 267 cm³/mol. The van der Waals surface area contributed by atoms with E-state index in [1.165, 1.54) is 102 Å². The summed E-state index contributed by atoms with van der Waals surface area (Å²) in [5.74, 6) is 10.9. The van der Waals surface area contributed by atoms with Crippen LogP contribution in [0.3, 0.4) is 0 Å². The second-order valence-electron chi connectivity index (χ2n) is 18.3. The topological polar surface area (TPSA) is 0 Å². The van der Waals surface area contributed by atoms with Crippen LogP contribution in [-0.2, 0) is 32.1 Å². The zero-order valence-corrected chi connectivity index (χ0v) is 40.8. The van der Waals surface area contributed by atoms with E-state index in [-0.39, 0.29) is 17.6 Å². The molecule has 3 aromatic carbocycles. The summed E-state index contributed by atoms with van der Waals surface area (Å²) in [7, 11) is 0. The summed E-state index contributed by atoms with van der Waals surface area (Å²) in [6.45, 7) is 10.9. The largest absolute Gasteiger partial charge is 0.206 e. The van der Waals surface area contributed by atoms with Crippen molar-refractivity contribution in [2.45, 2.75) is 247 Å². The third-order valence-electron chi connectivity index (χ3n) is 12.7. The lowest BCUT2D eigenvalue weighted by molar-refractivity contribution is 0.557. The Morgan fingerprint density at radius 1 is 0.365 bits per heavy atom. The Hall–Kier alpha value is -3.43. The van der Waals surface area contributed by atoms with E-state index >= 15 is 13.2 Å². The van der Waals surface area contributed by atoms with Crippen molar-refractivity contribution >= 4 is 0 Å². The van der Waals surface area contributed by atoms with Crippen molar-refractivity contribution < 1.29 is 15.9 Å². The molecular weight excluding hydrogens is 778 g/mol. The first-order chi connectivity index (χ1) is 31.7. The maximum Gasteiger partial charge on any atom is 0.143 e. The normalized spacial score (nSPS) is 11.6. The van der Waals surface area contributed by atoms with E-state index in [2.05, 4.69) is 51.4 Å². The fourth-order valence-corrected chi connectivity index (χ4v) is 8.89. The lowest BCUT2D eigenvalue weighted by Gasteiger charge is -2.20. The second kappa shape index (κ2) is 34.0. The number of benzene rings is 3. The zero-order chi connectivity index (χ0) is 47.1. The molecule has 0 aliphatic heterocycles. The molecule has 63 heavy (non-hydrogen) atoms. The molecule has 0 unspecified atom stereocenters. The van der Waals surface area contributed by atoms with Crippen LogP contribution in [0.15, 0.2) is 36.4 Å². The van der Waals surface area contributed by atoms with Gasteiger partial charge in [0.15, 0.2) is 0 Å². The maximum atomic E-state index is 17.8. The Kier molecular flexibility index (Phi) is 27.3. The molecule has 0 aromatic heterocycles. The van der Waals surface area contributed by atoms with Crippen molar-refractivity contribution in [3.05, 3.63) is 104 Å². The highest BCUT2D eigenvalue weighted by Gasteiger charge is 2.23.